The van der Waals surface area contributed by atoms with Crippen LogP contribution in [0.15, 0.2) is 0 Å². The lowest BCUT2D eigenvalue weighted by Crippen LogP contribution is -2.46. The predicted molar refractivity (Wildman–Crippen MR) is 42.9 cm³/mol. The molecule has 15 heavy (non-hydrogen) atoms. The fraction of sp³-hybridized carbons (Fsp3) is 0.750. The summed E-state index contributed by atoms with van der Waals surface area (Å²) in [6, 6.07) is 0. The van der Waals surface area contributed by atoms with E-state index in [2.05, 4.69) is 0 Å². The van der Waals surface area contributed by atoms with Gasteiger partial charge < -0.3 is 10.4 Å². The van der Waals surface area contributed by atoms with E-state index in [-0.39, 0.29) is 0 Å². The quantitative estimate of drug-likeness (QED) is 0.745. The molecule has 2 unspecified atom stereocenters. The topological polar surface area (TPSA) is 66.4 Å². The number of carboxylic acid groups (broad SMARTS) is 1. The van der Waals surface area contributed by atoms with Gasteiger partial charge in [0.25, 0.3) is 0 Å². The molecule has 1 fully saturated rings. The molecule has 86 valence electrons. The lowest BCUT2D eigenvalue weighted by molar-refractivity contribution is -0.155. The Morgan fingerprint density at radius 2 is 1.80 bits per heavy atom. The van der Waals surface area contributed by atoms with Gasteiger partial charge >= 0.3 is 12.1 Å². The van der Waals surface area contributed by atoms with Crippen molar-refractivity contribution in [2.45, 2.75) is 19.0 Å². The molecule has 1 saturated carbocycles. The number of nitrogens with one attached hydrogen (secondary N) is 1. The molecule has 7 heteroatoms. The van der Waals surface area contributed by atoms with Gasteiger partial charge in [-0.1, -0.05) is 0 Å². The standard InChI is InChI=1S/C8H10F3NO3/c9-8(10,11)3-12-6(13)4-1-2-5(4)7(14)15/h4-5H,1-3H2,(H,12,13)(H,14,15). The van der Waals surface area contributed by atoms with Gasteiger partial charge in [-0.25, -0.2) is 0 Å². The number of hydrogen-bond donors (Lipinski definition) is 2. The summed E-state index contributed by atoms with van der Waals surface area (Å²) in [5.74, 6) is -3.61. The Kier molecular flexibility index (Phi) is 3.21. The second-order valence-corrected chi connectivity index (χ2v) is 3.46. The number of hydrogen-bond acceptors (Lipinski definition) is 2. The van der Waals surface area contributed by atoms with Gasteiger partial charge in [-0.15, -0.1) is 0 Å². The first-order valence-electron chi connectivity index (χ1n) is 4.38. The number of halogens is 3. The van der Waals surface area contributed by atoms with Crippen LogP contribution in [0.2, 0.25) is 0 Å². The van der Waals surface area contributed by atoms with Crippen LogP contribution in [-0.4, -0.2) is 29.7 Å². The maximum absolute atomic E-state index is 11.7. The zero-order valence-corrected chi connectivity index (χ0v) is 7.67. The molecule has 1 rings (SSSR count). The van der Waals surface area contributed by atoms with Gasteiger partial charge in [0, 0.05) is 0 Å². The van der Waals surface area contributed by atoms with Crippen LogP contribution in [0.4, 0.5) is 13.2 Å². The summed E-state index contributed by atoms with van der Waals surface area (Å²) in [7, 11) is 0. The summed E-state index contributed by atoms with van der Waals surface area (Å²) in [4.78, 5) is 21.6. The number of carbonyl (C=O) groups is 2. The smallest absolute Gasteiger partial charge is 0.405 e. The monoisotopic (exact) mass is 225 g/mol. The minimum atomic E-state index is -4.46. The van der Waals surface area contributed by atoms with Crippen LogP contribution in [0, 0.1) is 11.8 Å². The van der Waals surface area contributed by atoms with Gasteiger partial charge in [0.15, 0.2) is 0 Å². The summed E-state index contributed by atoms with van der Waals surface area (Å²) in [6.45, 7) is -1.41. The lowest BCUT2D eigenvalue weighted by atomic mass is 9.73. The molecule has 0 aliphatic heterocycles. The van der Waals surface area contributed by atoms with Crippen molar-refractivity contribution in [3.63, 3.8) is 0 Å². The van der Waals surface area contributed by atoms with Crippen molar-refractivity contribution in [2.75, 3.05) is 6.54 Å². The Morgan fingerprint density at radius 1 is 1.27 bits per heavy atom. The average Bonchev–Trinajstić information content (AvgIpc) is 1.96. The number of carbonyl (C=O) groups excluding carboxylic acids is 1. The van der Waals surface area contributed by atoms with Crippen LogP contribution in [0.3, 0.4) is 0 Å². The van der Waals surface area contributed by atoms with Gasteiger partial charge in [-0.2, -0.15) is 13.2 Å². The molecular formula is C8H10F3NO3. The summed E-state index contributed by atoms with van der Waals surface area (Å²) in [5.41, 5.74) is 0. The zero-order chi connectivity index (χ0) is 11.6. The molecule has 0 heterocycles. The fourth-order valence-corrected chi connectivity index (χ4v) is 1.43. The van der Waals surface area contributed by atoms with Crippen LogP contribution in [-0.2, 0) is 9.59 Å². The highest BCUT2D eigenvalue weighted by atomic mass is 19.4. The van der Waals surface area contributed by atoms with E-state index in [1.165, 1.54) is 0 Å². The first-order chi connectivity index (χ1) is 6.81. The second kappa shape index (κ2) is 4.08. The number of carboxylic acids is 1. The molecule has 0 aromatic heterocycles. The Balaban J connectivity index is 2.39. The fourth-order valence-electron chi connectivity index (χ4n) is 1.43. The summed E-state index contributed by atoms with van der Waals surface area (Å²) in [6.07, 6.45) is -3.78. The summed E-state index contributed by atoms with van der Waals surface area (Å²) in [5, 5.41) is 10.3. The van der Waals surface area contributed by atoms with Crippen LogP contribution >= 0.6 is 0 Å². The van der Waals surface area contributed by atoms with Crippen LogP contribution < -0.4 is 5.32 Å². The van der Waals surface area contributed by atoms with Crippen molar-refractivity contribution in [3.05, 3.63) is 0 Å². The predicted octanol–water partition coefficient (Wildman–Crippen LogP) is 0.776. The highest BCUT2D eigenvalue weighted by Gasteiger charge is 2.42. The van der Waals surface area contributed by atoms with E-state index >= 15 is 0 Å². The van der Waals surface area contributed by atoms with Crippen molar-refractivity contribution in [3.8, 4) is 0 Å². The van der Waals surface area contributed by atoms with Gasteiger partial charge in [-0.05, 0) is 12.8 Å². The van der Waals surface area contributed by atoms with Crippen molar-refractivity contribution >= 4 is 11.9 Å². The van der Waals surface area contributed by atoms with Crippen LogP contribution in [0.1, 0.15) is 12.8 Å². The summed E-state index contributed by atoms with van der Waals surface area (Å²) >= 11 is 0. The molecule has 1 amide bonds. The first-order valence-corrected chi connectivity index (χ1v) is 4.38. The van der Waals surface area contributed by atoms with Crippen molar-refractivity contribution in [1.82, 2.24) is 5.32 Å². The molecule has 0 aromatic carbocycles. The minimum Gasteiger partial charge on any atom is -0.481 e. The first kappa shape index (κ1) is 11.8. The Bertz CT molecular complexity index is 277. The van der Waals surface area contributed by atoms with Crippen LogP contribution in [0.5, 0.6) is 0 Å². The van der Waals surface area contributed by atoms with E-state index in [1.54, 1.807) is 5.32 Å². The highest BCUT2D eigenvalue weighted by Crippen LogP contribution is 2.34. The third-order valence-electron chi connectivity index (χ3n) is 2.39. The largest absolute Gasteiger partial charge is 0.481 e. The molecule has 1 aliphatic carbocycles. The van der Waals surface area contributed by atoms with E-state index < -0.39 is 36.4 Å². The third kappa shape index (κ3) is 3.10. The Morgan fingerprint density at radius 3 is 2.13 bits per heavy atom. The minimum absolute atomic E-state index is 0.334. The van der Waals surface area contributed by atoms with E-state index in [0.29, 0.717) is 12.8 Å². The van der Waals surface area contributed by atoms with Crippen molar-refractivity contribution < 1.29 is 27.9 Å². The SMILES string of the molecule is O=C(O)C1CCC1C(=O)NCC(F)(F)F. The zero-order valence-electron chi connectivity index (χ0n) is 7.67. The Labute approximate surface area is 83.5 Å². The number of rotatable bonds is 3. The molecule has 4 nitrogen and oxygen atoms in total. The van der Waals surface area contributed by atoms with Crippen molar-refractivity contribution in [2.24, 2.45) is 11.8 Å². The van der Waals surface area contributed by atoms with Crippen molar-refractivity contribution in [1.29, 1.82) is 0 Å². The van der Waals surface area contributed by atoms with E-state index in [4.69, 9.17) is 5.11 Å². The molecule has 0 saturated heterocycles. The molecule has 2 N–H and O–H groups in total. The number of amides is 1. The molecule has 0 bridgehead atoms. The maximum Gasteiger partial charge on any atom is 0.405 e. The average molecular weight is 225 g/mol. The van der Waals surface area contributed by atoms with Crippen LogP contribution in [0.25, 0.3) is 0 Å². The molecule has 0 radical (unpaired) electrons. The molecule has 0 spiro atoms. The molecule has 1 aliphatic rings. The third-order valence-corrected chi connectivity index (χ3v) is 2.39. The highest BCUT2D eigenvalue weighted by molar-refractivity contribution is 5.86. The second-order valence-electron chi connectivity index (χ2n) is 3.46. The van der Waals surface area contributed by atoms with Gasteiger partial charge in [0.05, 0.1) is 11.8 Å². The lowest BCUT2D eigenvalue weighted by Gasteiger charge is -2.31. The van der Waals surface area contributed by atoms with Gasteiger partial charge in [-0.3, -0.25) is 9.59 Å². The number of aliphatic carboxylic acids is 1. The van der Waals surface area contributed by atoms with E-state index in [1.807, 2.05) is 0 Å². The van der Waals surface area contributed by atoms with E-state index in [9.17, 15) is 22.8 Å². The molecule has 0 aromatic rings. The number of alkyl halides is 3. The maximum atomic E-state index is 11.7. The normalized spacial score (nSPS) is 25.5. The summed E-state index contributed by atoms with van der Waals surface area (Å²) < 4.78 is 35.2. The van der Waals surface area contributed by atoms with Gasteiger partial charge in [0.1, 0.15) is 6.54 Å². The van der Waals surface area contributed by atoms with E-state index in [0.717, 1.165) is 0 Å². The van der Waals surface area contributed by atoms with Gasteiger partial charge in [0.2, 0.25) is 5.91 Å². The molecule has 2 atom stereocenters. The molecular weight excluding hydrogens is 215 g/mol. The Hall–Kier alpha value is -1.27.